The fourth-order valence-corrected chi connectivity index (χ4v) is 9.65. The highest BCUT2D eigenvalue weighted by molar-refractivity contribution is 5.99. The summed E-state index contributed by atoms with van der Waals surface area (Å²) in [6.07, 6.45) is -5.97. The summed E-state index contributed by atoms with van der Waals surface area (Å²) in [6, 6.07) is 8.01. The molecule has 0 amide bonds. The van der Waals surface area contributed by atoms with Crippen molar-refractivity contribution in [3.05, 3.63) is 58.9 Å². The maximum Gasteiger partial charge on any atom is 0.349 e. The molecular formula is C35H42N2O12. The summed E-state index contributed by atoms with van der Waals surface area (Å²) in [7, 11) is 1.03. The Balaban J connectivity index is 1.44. The molecule has 0 aromatic heterocycles. The first-order chi connectivity index (χ1) is 23.0. The van der Waals surface area contributed by atoms with Crippen LogP contribution in [0.15, 0.2) is 53.3 Å². The first-order valence-corrected chi connectivity index (χ1v) is 16.2. The highest BCUT2D eigenvalue weighted by Crippen LogP contribution is 2.73. The number of Topliss-reactive ketones (excluding diaryl/α,β-unsaturated/α-hetero) is 1. The zero-order chi connectivity index (χ0) is 35.8. The number of ketones is 1. The molecule has 3 aliphatic carbocycles. The van der Waals surface area contributed by atoms with E-state index in [0.29, 0.717) is 11.1 Å². The lowest BCUT2D eigenvalue weighted by molar-refractivity contribution is -0.297. The van der Waals surface area contributed by atoms with Crippen molar-refractivity contribution in [3.8, 4) is 0 Å². The van der Waals surface area contributed by atoms with Crippen LogP contribution in [-0.2, 0) is 54.1 Å². The summed E-state index contributed by atoms with van der Waals surface area (Å²) in [5, 5.41) is 23.9. The van der Waals surface area contributed by atoms with Crippen LogP contribution in [-0.4, -0.2) is 95.2 Å². The Morgan fingerprint density at radius 2 is 1.82 bits per heavy atom. The molecule has 1 aromatic carbocycles. The lowest BCUT2D eigenvalue weighted by Crippen LogP contribution is -2.90. The van der Waals surface area contributed by atoms with E-state index >= 15 is 0 Å². The van der Waals surface area contributed by atoms with Crippen LogP contribution >= 0.6 is 0 Å². The minimum atomic E-state index is -2.56. The molecule has 49 heavy (non-hydrogen) atoms. The van der Waals surface area contributed by atoms with E-state index < -0.39 is 101 Å². The molecule has 1 unspecified atom stereocenters. The van der Waals surface area contributed by atoms with Gasteiger partial charge in [0, 0.05) is 18.4 Å². The summed E-state index contributed by atoms with van der Waals surface area (Å²) < 4.78 is 28.4. The number of esters is 4. The van der Waals surface area contributed by atoms with Crippen molar-refractivity contribution >= 4 is 29.7 Å². The Hall–Kier alpha value is -3.95. The fourth-order valence-electron chi connectivity index (χ4n) is 9.65. The van der Waals surface area contributed by atoms with Crippen molar-refractivity contribution in [2.45, 2.75) is 88.6 Å². The SMILES string of the molecule is COC(=O)[C@@]12OC[C@]34C([C@@H](O)[C@@H]1O)[C@@]1(C)CC(=O)C(OC(=O)[C@@H](N)Cc5ccccc5)=C(C)[C@@H]1C[C@H]3OC(=O)[C@H](OC(=O)C=C(C)C)[C@@]24N. The van der Waals surface area contributed by atoms with Gasteiger partial charge in [-0.2, -0.15) is 0 Å². The molecule has 2 saturated carbocycles. The van der Waals surface area contributed by atoms with Crippen LogP contribution in [0.1, 0.15) is 46.1 Å². The molecule has 5 aliphatic rings. The Morgan fingerprint density at radius 1 is 1.14 bits per heavy atom. The topological polar surface area (TPSA) is 224 Å². The molecule has 2 saturated heterocycles. The molecule has 11 atom stereocenters. The van der Waals surface area contributed by atoms with Crippen LogP contribution in [0, 0.1) is 22.7 Å². The predicted molar refractivity (Wildman–Crippen MR) is 167 cm³/mol. The van der Waals surface area contributed by atoms with E-state index in [1.807, 2.05) is 30.3 Å². The van der Waals surface area contributed by atoms with Crippen LogP contribution in [0.5, 0.6) is 0 Å². The van der Waals surface area contributed by atoms with E-state index in [0.717, 1.165) is 18.7 Å². The van der Waals surface area contributed by atoms with Gasteiger partial charge in [-0.25, -0.2) is 19.2 Å². The van der Waals surface area contributed by atoms with Gasteiger partial charge in [0.05, 0.1) is 25.2 Å². The standard InChI is InChI=1S/C35H42N2O12/c1-16(2)11-23(39)48-28-30(43)47-22-13-19-17(3)25(49-29(42)20(36)12-18-9-7-6-8-10-18)21(38)14-32(19,4)26-24(40)27(41)34(31(44)45-5)35(28,37)33(22,26)15-46-34/h6-11,19-20,22,24,26-28,40-41H,12-15,36-37H2,1-5H3/t19-,20-,22+,24+,26?,27-,28-,32-,33+,34-,35-/m0/s1. The lowest BCUT2D eigenvalue weighted by Gasteiger charge is -2.70. The van der Waals surface area contributed by atoms with Crippen LogP contribution in [0.2, 0.25) is 0 Å². The molecular weight excluding hydrogens is 640 g/mol. The summed E-state index contributed by atoms with van der Waals surface area (Å²) in [6.45, 7) is 6.19. The molecule has 6 rings (SSSR count). The van der Waals surface area contributed by atoms with E-state index in [4.69, 9.17) is 35.2 Å². The van der Waals surface area contributed by atoms with Crippen molar-refractivity contribution < 1.29 is 57.9 Å². The number of aliphatic hydroxyl groups excluding tert-OH is 2. The van der Waals surface area contributed by atoms with Crippen molar-refractivity contribution in [2.24, 2.45) is 34.1 Å². The van der Waals surface area contributed by atoms with Crippen molar-refractivity contribution in [2.75, 3.05) is 13.7 Å². The highest BCUT2D eigenvalue weighted by Gasteiger charge is 2.91. The minimum absolute atomic E-state index is 0.00594. The molecule has 4 fully saturated rings. The summed E-state index contributed by atoms with van der Waals surface area (Å²) in [5.74, 6) is -6.62. The Bertz CT molecular complexity index is 1670. The van der Waals surface area contributed by atoms with Gasteiger partial charge in [0.25, 0.3) is 0 Å². The van der Waals surface area contributed by atoms with Crippen molar-refractivity contribution in [3.63, 3.8) is 0 Å². The maximum absolute atomic E-state index is 13.9. The number of carbonyl (C=O) groups is 5. The van der Waals surface area contributed by atoms with Gasteiger partial charge in [0.15, 0.2) is 11.5 Å². The fraction of sp³-hybridized carbons (Fsp3) is 0.571. The molecule has 2 heterocycles. The third kappa shape index (κ3) is 4.61. The van der Waals surface area contributed by atoms with Gasteiger partial charge in [0.1, 0.15) is 23.8 Å². The number of rotatable bonds is 7. The first kappa shape index (κ1) is 34.9. The number of nitrogens with two attached hydrogens (primary N) is 2. The van der Waals surface area contributed by atoms with Gasteiger partial charge in [-0.3, -0.25) is 4.79 Å². The highest BCUT2D eigenvalue weighted by atomic mass is 16.6. The van der Waals surface area contributed by atoms with Gasteiger partial charge < -0.3 is 45.4 Å². The molecule has 1 spiro atoms. The number of hydrogen-bond acceptors (Lipinski definition) is 14. The molecule has 2 bridgehead atoms. The number of benzene rings is 1. The van der Waals surface area contributed by atoms with Crippen LogP contribution in [0.3, 0.4) is 0 Å². The second-order valence-electron chi connectivity index (χ2n) is 14.4. The number of ether oxygens (including phenoxy) is 5. The first-order valence-electron chi connectivity index (χ1n) is 16.2. The Kier molecular flexibility index (Phi) is 8.43. The lowest BCUT2D eigenvalue weighted by atomic mass is 9.36. The zero-order valence-electron chi connectivity index (χ0n) is 28.0. The monoisotopic (exact) mass is 682 g/mol. The van der Waals surface area contributed by atoms with E-state index in [-0.39, 0.29) is 25.0 Å². The number of aliphatic hydroxyl groups is 2. The average molecular weight is 683 g/mol. The third-order valence-electron chi connectivity index (χ3n) is 11.6. The van der Waals surface area contributed by atoms with Crippen molar-refractivity contribution in [1.82, 2.24) is 0 Å². The van der Waals surface area contributed by atoms with Gasteiger partial charge >= 0.3 is 23.9 Å². The number of allylic oxidation sites excluding steroid dienone is 3. The summed E-state index contributed by atoms with van der Waals surface area (Å²) >= 11 is 0. The molecule has 0 radical (unpaired) electrons. The van der Waals surface area contributed by atoms with Gasteiger partial charge in [-0.15, -0.1) is 0 Å². The molecule has 14 heteroatoms. The summed E-state index contributed by atoms with van der Waals surface area (Å²) in [4.78, 5) is 67.6. The van der Waals surface area contributed by atoms with E-state index in [1.54, 1.807) is 27.7 Å². The van der Waals surface area contributed by atoms with Crippen LogP contribution < -0.4 is 11.5 Å². The number of methoxy groups -OCH3 is 1. The molecule has 1 aromatic rings. The number of fused-ring (bicyclic) bond motifs is 2. The van der Waals surface area contributed by atoms with Gasteiger partial charge in [-0.1, -0.05) is 42.8 Å². The molecule has 6 N–H and O–H groups in total. The van der Waals surface area contributed by atoms with E-state index in [9.17, 15) is 34.2 Å². The summed E-state index contributed by atoms with van der Waals surface area (Å²) in [5.41, 5.74) is 7.33. The predicted octanol–water partition coefficient (Wildman–Crippen LogP) is 0.154. The Morgan fingerprint density at radius 3 is 2.45 bits per heavy atom. The maximum atomic E-state index is 13.9. The number of carbonyl (C=O) groups excluding carboxylic acids is 5. The largest absolute Gasteiger partial charge is 0.467 e. The number of hydrogen-bond donors (Lipinski definition) is 4. The average Bonchev–Trinajstić information content (AvgIpc) is 3.25. The second-order valence-corrected chi connectivity index (χ2v) is 14.4. The molecule has 14 nitrogen and oxygen atoms in total. The van der Waals surface area contributed by atoms with Gasteiger partial charge in [-0.05, 0) is 56.1 Å². The molecule has 264 valence electrons. The van der Waals surface area contributed by atoms with Gasteiger partial charge in [0.2, 0.25) is 11.7 Å². The van der Waals surface area contributed by atoms with E-state index in [1.165, 1.54) is 0 Å². The van der Waals surface area contributed by atoms with Crippen LogP contribution in [0.4, 0.5) is 0 Å². The molecule has 2 aliphatic heterocycles. The normalized spacial score (nSPS) is 39.5. The Labute approximate surface area is 282 Å². The van der Waals surface area contributed by atoms with Crippen LogP contribution in [0.25, 0.3) is 0 Å². The second kappa shape index (κ2) is 11.8. The minimum Gasteiger partial charge on any atom is -0.467 e. The smallest absolute Gasteiger partial charge is 0.349 e. The third-order valence-corrected chi connectivity index (χ3v) is 11.6. The van der Waals surface area contributed by atoms with E-state index in [2.05, 4.69) is 0 Å². The quantitative estimate of drug-likeness (QED) is 0.171. The zero-order valence-corrected chi connectivity index (χ0v) is 28.0. The van der Waals surface area contributed by atoms with Crippen molar-refractivity contribution in [1.29, 1.82) is 0 Å².